The summed E-state index contributed by atoms with van der Waals surface area (Å²) in [5.41, 5.74) is 6.32. The Hall–Kier alpha value is -2.08. The van der Waals surface area contributed by atoms with Crippen molar-refractivity contribution in [3.8, 4) is 12.0 Å². The first-order valence-electron chi connectivity index (χ1n) is 5.11. The van der Waals surface area contributed by atoms with E-state index in [1.54, 1.807) is 6.07 Å². The van der Waals surface area contributed by atoms with E-state index in [-0.39, 0.29) is 24.6 Å². The number of hydrogen-bond acceptors (Lipinski definition) is 6. The van der Waals surface area contributed by atoms with E-state index in [0.29, 0.717) is 5.02 Å². The average Bonchev–Trinajstić information content (AvgIpc) is 2.37. The predicted molar refractivity (Wildman–Crippen MR) is 66.6 cm³/mol. The molecule has 0 fully saturated rings. The van der Waals surface area contributed by atoms with Gasteiger partial charge in [-0.2, -0.15) is 9.97 Å². The fourth-order valence-corrected chi connectivity index (χ4v) is 1.46. The van der Waals surface area contributed by atoms with Gasteiger partial charge in [0.1, 0.15) is 6.61 Å². The molecule has 0 saturated carbocycles. The summed E-state index contributed by atoms with van der Waals surface area (Å²) in [6, 6.07) is 7.55. The Bertz CT molecular complexity index is 550. The normalized spacial score (nSPS) is 10.1. The molecule has 0 aliphatic heterocycles. The van der Waals surface area contributed by atoms with Crippen molar-refractivity contribution in [3.05, 3.63) is 34.9 Å². The van der Waals surface area contributed by atoms with E-state index in [2.05, 4.69) is 15.0 Å². The molecule has 2 rings (SSSR count). The molecule has 2 aromatic rings. The van der Waals surface area contributed by atoms with Gasteiger partial charge in [-0.15, -0.1) is 4.98 Å². The molecule has 0 radical (unpaired) electrons. The highest BCUT2D eigenvalue weighted by molar-refractivity contribution is 6.31. The largest absolute Gasteiger partial charge is 0.467 e. The molecule has 0 unspecified atom stereocenters. The van der Waals surface area contributed by atoms with Crippen LogP contribution < -0.4 is 15.2 Å². The first-order chi connectivity index (χ1) is 8.69. The molecule has 0 aliphatic rings. The lowest BCUT2D eigenvalue weighted by molar-refractivity contribution is 0.271. The second-order valence-electron chi connectivity index (χ2n) is 3.34. The van der Waals surface area contributed by atoms with Crippen LogP contribution in [0.2, 0.25) is 5.02 Å². The van der Waals surface area contributed by atoms with Crippen molar-refractivity contribution in [3.63, 3.8) is 0 Å². The molecule has 0 aliphatic carbocycles. The third-order valence-corrected chi connectivity index (χ3v) is 2.48. The molecule has 0 amide bonds. The van der Waals surface area contributed by atoms with Crippen molar-refractivity contribution < 1.29 is 9.47 Å². The number of anilines is 1. The van der Waals surface area contributed by atoms with Gasteiger partial charge in [0.2, 0.25) is 5.95 Å². The minimum atomic E-state index is 0.0380. The minimum Gasteiger partial charge on any atom is -0.467 e. The summed E-state index contributed by atoms with van der Waals surface area (Å²) in [6.45, 7) is 0.242. The van der Waals surface area contributed by atoms with Crippen molar-refractivity contribution in [1.29, 1.82) is 0 Å². The number of aromatic nitrogens is 3. The van der Waals surface area contributed by atoms with E-state index < -0.39 is 0 Å². The van der Waals surface area contributed by atoms with E-state index in [0.717, 1.165) is 5.56 Å². The molecule has 7 heteroatoms. The Morgan fingerprint density at radius 2 is 1.89 bits per heavy atom. The van der Waals surface area contributed by atoms with E-state index in [1.807, 2.05) is 18.2 Å². The summed E-state index contributed by atoms with van der Waals surface area (Å²) in [5, 5.41) is 0.617. The Labute approximate surface area is 109 Å². The number of halogens is 1. The van der Waals surface area contributed by atoms with Gasteiger partial charge in [0, 0.05) is 10.6 Å². The molecule has 2 N–H and O–H groups in total. The van der Waals surface area contributed by atoms with Gasteiger partial charge in [-0.1, -0.05) is 29.8 Å². The van der Waals surface area contributed by atoms with E-state index in [4.69, 9.17) is 26.8 Å². The van der Waals surface area contributed by atoms with Crippen LogP contribution in [0.1, 0.15) is 5.56 Å². The summed E-state index contributed by atoms with van der Waals surface area (Å²) in [7, 11) is 1.44. The maximum absolute atomic E-state index is 6.00. The third kappa shape index (κ3) is 2.98. The first kappa shape index (κ1) is 12.4. The summed E-state index contributed by atoms with van der Waals surface area (Å²) in [6.07, 6.45) is 0. The van der Waals surface area contributed by atoms with Crippen LogP contribution in [0.15, 0.2) is 24.3 Å². The van der Waals surface area contributed by atoms with Gasteiger partial charge >= 0.3 is 12.0 Å². The minimum absolute atomic E-state index is 0.0380. The lowest BCUT2D eigenvalue weighted by Gasteiger charge is -2.07. The fraction of sp³-hybridized carbons (Fsp3) is 0.182. The van der Waals surface area contributed by atoms with Crippen LogP contribution in [-0.2, 0) is 6.61 Å². The Balaban J connectivity index is 2.11. The van der Waals surface area contributed by atoms with E-state index >= 15 is 0 Å². The van der Waals surface area contributed by atoms with Crippen molar-refractivity contribution in [2.24, 2.45) is 0 Å². The number of benzene rings is 1. The number of hydrogen-bond donors (Lipinski definition) is 1. The summed E-state index contributed by atoms with van der Waals surface area (Å²) >= 11 is 6.00. The highest BCUT2D eigenvalue weighted by atomic mass is 35.5. The molecule has 0 spiro atoms. The number of nitrogen functional groups attached to an aromatic ring is 1. The monoisotopic (exact) mass is 266 g/mol. The van der Waals surface area contributed by atoms with Gasteiger partial charge in [0.25, 0.3) is 0 Å². The molecule has 1 heterocycles. The zero-order valence-electron chi connectivity index (χ0n) is 9.63. The van der Waals surface area contributed by atoms with Crippen LogP contribution in [0.4, 0.5) is 5.95 Å². The van der Waals surface area contributed by atoms with E-state index in [9.17, 15) is 0 Å². The quantitative estimate of drug-likeness (QED) is 0.907. The average molecular weight is 267 g/mol. The molecule has 0 saturated heterocycles. The molecular weight excluding hydrogens is 256 g/mol. The van der Waals surface area contributed by atoms with Crippen LogP contribution >= 0.6 is 11.6 Å². The third-order valence-electron chi connectivity index (χ3n) is 2.11. The maximum atomic E-state index is 6.00. The van der Waals surface area contributed by atoms with Gasteiger partial charge in [-0.3, -0.25) is 0 Å². The van der Waals surface area contributed by atoms with Crippen LogP contribution in [0.3, 0.4) is 0 Å². The first-order valence-corrected chi connectivity index (χ1v) is 5.48. The maximum Gasteiger partial charge on any atom is 0.324 e. The zero-order valence-corrected chi connectivity index (χ0v) is 10.4. The molecule has 1 aromatic heterocycles. The van der Waals surface area contributed by atoms with Crippen molar-refractivity contribution in [1.82, 2.24) is 15.0 Å². The summed E-state index contributed by atoms with van der Waals surface area (Å²) in [5.74, 6) is 0.0380. The predicted octanol–water partition coefficient (Wildman–Crippen LogP) is 1.69. The Kier molecular flexibility index (Phi) is 3.78. The van der Waals surface area contributed by atoms with Gasteiger partial charge in [0.05, 0.1) is 7.11 Å². The highest BCUT2D eigenvalue weighted by Gasteiger charge is 2.07. The molecule has 94 valence electrons. The summed E-state index contributed by atoms with van der Waals surface area (Å²) < 4.78 is 10.3. The SMILES string of the molecule is COc1nc(N)nc(OCc2ccccc2Cl)n1. The summed E-state index contributed by atoms with van der Waals surface area (Å²) in [4.78, 5) is 11.5. The van der Waals surface area contributed by atoms with Gasteiger partial charge in [-0.25, -0.2) is 0 Å². The van der Waals surface area contributed by atoms with Crippen LogP contribution in [0.25, 0.3) is 0 Å². The van der Waals surface area contributed by atoms with Gasteiger partial charge in [0.15, 0.2) is 0 Å². The fourth-order valence-electron chi connectivity index (χ4n) is 1.27. The van der Waals surface area contributed by atoms with Crippen molar-refractivity contribution in [2.75, 3.05) is 12.8 Å². The van der Waals surface area contributed by atoms with Crippen LogP contribution in [0.5, 0.6) is 12.0 Å². The topological polar surface area (TPSA) is 83.2 Å². The molecule has 1 aromatic carbocycles. The number of nitrogens with two attached hydrogens (primary N) is 1. The zero-order chi connectivity index (χ0) is 13.0. The van der Waals surface area contributed by atoms with Crippen molar-refractivity contribution >= 4 is 17.5 Å². The molecule has 18 heavy (non-hydrogen) atoms. The van der Waals surface area contributed by atoms with Crippen molar-refractivity contribution in [2.45, 2.75) is 6.61 Å². The molecule has 0 bridgehead atoms. The number of nitrogens with zero attached hydrogens (tertiary/aromatic N) is 3. The molecule has 0 atom stereocenters. The number of ether oxygens (including phenoxy) is 2. The van der Waals surface area contributed by atoms with Crippen LogP contribution in [-0.4, -0.2) is 22.1 Å². The lowest BCUT2D eigenvalue weighted by atomic mass is 10.2. The molecular formula is C11H11ClN4O2. The standard InChI is InChI=1S/C11H11ClN4O2/c1-17-10-14-9(13)15-11(16-10)18-6-7-4-2-3-5-8(7)12/h2-5H,6H2,1H3,(H2,13,14,15,16). The second-order valence-corrected chi connectivity index (χ2v) is 3.75. The molecule has 6 nitrogen and oxygen atoms in total. The smallest absolute Gasteiger partial charge is 0.324 e. The van der Waals surface area contributed by atoms with Crippen LogP contribution in [0, 0.1) is 0 Å². The number of rotatable bonds is 4. The lowest BCUT2D eigenvalue weighted by Crippen LogP contribution is -2.05. The highest BCUT2D eigenvalue weighted by Crippen LogP contribution is 2.17. The number of methoxy groups -OCH3 is 1. The Morgan fingerprint density at radius 3 is 2.61 bits per heavy atom. The second kappa shape index (κ2) is 5.50. The Morgan fingerprint density at radius 1 is 1.17 bits per heavy atom. The van der Waals surface area contributed by atoms with Gasteiger partial charge in [-0.05, 0) is 6.07 Å². The van der Waals surface area contributed by atoms with E-state index in [1.165, 1.54) is 7.11 Å². The van der Waals surface area contributed by atoms with Gasteiger partial charge < -0.3 is 15.2 Å².